The number of thioether (sulfide) groups is 1. The zero-order valence-corrected chi connectivity index (χ0v) is 28.0. The van der Waals surface area contributed by atoms with Crippen molar-refractivity contribution in [2.24, 2.45) is 11.8 Å². The number of nitrogens with zero attached hydrogens (tertiary/aromatic N) is 3. The number of unbranched alkanes of at least 4 members (excludes halogenated alkanes) is 2. The van der Waals surface area contributed by atoms with Gasteiger partial charge in [0, 0.05) is 41.1 Å². The first-order chi connectivity index (χ1) is 20.7. The van der Waals surface area contributed by atoms with Crippen LogP contribution in [0.25, 0.3) is 0 Å². The summed E-state index contributed by atoms with van der Waals surface area (Å²) in [4.78, 5) is 48.2. The number of likely N-dealkylation sites (tertiary alicyclic amines) is 1. The van der Waals surface area contributed by atoms with Gasteiger partial charge in [0.1, 0.15) is 6.04 Å². The molecule has 0 aliphatic carbocycles. The summed E-state index contributed by atoms with van der Waals surface area (Å²) in [5, 5.41) is 10.2. The number of carbonyl (C=O) groups excluding carboxylic acids is 3. The largest absolute Gasteiger partial charge is 0.465 e. The summed E-state index contributed by atoms with van der Waals surface area (Å²) in [6.45, 7) is 15.8. The van der Waals surface area contributed by atoms with Crippen LogP contribution in [0.15, 0.2) is 49.6 Å². The van der Waals surface area contributed by atoms with Crippen LogP contribution in [0.5, 0.6) is 0 Å². The zero-order valence-electron chi connectivity index (χ0n) is 25.6. The first-order valence-electron chi connectivity index (χ1n) is 15.5. The van der Waals surface area contributed by atoms with Crippen molar-refractivity contribution >= 4 is 56.9 Å². The third kappa shape index (κ3) is 6.16. The van der Waals surface area contributed by atoms with Crippen LogP contribution in [0.4, 0.5) is 11.4 Å². The number of allylic oxidation sites excluding steroid dienone is 1. The molecule has 2 bridgehead atoms. The Morgan fingerprint density at radius 1 is 1.16 bits per heavy atom. The molecule has 0 saturated carbocycles. The summed E-state index contributed by atoms with van der Waals surface area (Å²) >= 11 is 5.39. The quantitative estimate of drug-likeness (QED) is 0.112. The van der Waals surface area contributed by atoms with Crippen LogP contribution in [0.2, 0.25) is 0 Å². The van der Waals surface area contributed by atoms with Crippen molar-refractivity contribution < 1.29 is 24.2 Å². The fourth-order valence-corrected chi connectivity index (χ4v) is 10.7. The number of hydrogen-bond donors (Lipinski definition) is 1. The molecule has 0 aromatic heterocycles. The average Bonchev–Trinajstić information content (AvgIpc) is 3.60. The van der Waals surface area contributed by atoms with Gasteiger partial charge < -0.3 is 24.5 Å². The minimum absolute atomic E-state index is 0.0504. The zero-order chi connectivity index (χ0) is 31.3. The molecule has 10 heteroatoms. The summed E-state index contributed by atoms with van der Waals surface area (Å²) in [5.41, 5.74) is 1.79. The fraction of sp³-hybridized carbons (Fsp3) is 0.606. The SMILES string of the molecule is C=CCCCCOC(=O)[C@H]1[C@@H]2SC3(CC2Br)C(C(=O)N(CC=C)c2ccc(N(CC)CC)cc2)N([C@@H](CC)CO)C(=O)[C@H]13. The molecule has 236 valence electrons. The molecule has 1 spiro atoms. The monoisotopic (exact) mass is 675 g/mol. The molecule has 43 heavy (non-hydrogen) atoms. The Bertz CT molecular complexity index is 1170. The van der Waals surface area contributed by atoms with Gasteiger partial charge in [-0.3, -0.25) is 14.4 Å². The van der Waals surface area contributed by atoms with E-state index in [0.717, 1.165) is 38.0 Å². The summed E-state index contributed by atoms with van der Waals surface area (Å²) < 4.78 is 4.92. The third-order valence-corrected chi connectivity index (χ3v) is 12.4. The molecule has 8 nitrogen and oxygen atoms in total. The molecule has 2 amide bonds. The number of aliphatic hydroxyl groups is 1. The van der Waals surface area contributed by atoms with E-state index in [0.29, 0.717) is 25.1 Å². The number of amides is 2. The Labute approximate surface area is 269 Å². The number of carbonyl (C=O) groups is 3. The van der Waals surface area contributed by atoms with Gasteiger partial charge in [-0.1, -0.05) is 35.0 Å². The van der Waals surface area contributed by atoms with Crippen LogP contribution in [0, 0.1) is 11.8 Å². The van der Waals surface area contributed by atoms with E-state index in [-0.39, 0.29) is 41.0 Å². The van der Waals surface area contributed by atoms with E-state index in [1.807, 2.05) is 37.3 Å². The van der Waals surface area contributed by atoms with Gasteiger partial charge in [0.25, 0.3) is 5.91 Å². The van der Waals surface area contributed by atoms with Crippen molar-refractivity contribution in [1.29, 1.82) is 0 Å². The normalized spacial score (nSPS) is 28.0. The van der Waals surface area contributed by atoms with Gasteiger partial charge in [-0.15, -0.1) is 24.9 Å². The molecule has 1 aromatic carbocycles. The molecule has 7 atom stereocenters. The highest BCUT2D eigenvalue weighted by molar-refractivity contribution is 9.09. The predicted octanol–water partition coefficient (Wildman–Crippen LogP) is 5.19. The van der Waals surface area contributed by atoms with E-state index in [1.54, 1.807) is 27.6 Å². The lowest BCUT2D eigenvalue weighted by atomic mass is 9.71. The molecule has 3 aliphatic rings. The van der Waals surface area contributed by atoms with Crippen LogP contribution in [-0.4, -0.2) is 87.5 Å². The highest BCUT2D eigenvalue weighted by atomic mass is 79.9. The Kier molecular flexibility index (Phi) is 11.4. The molecule has 4 rings (SSSR count). The molecule has 3 fully saturated rings. The maximum atomic E-state index is 14.8. The van der Waals surface area contributed by atoms with Gasteiger partial charge in [0.05, 0.1) is 35.8 Å². The molecular weight excluding hydrogens is 630 g/mol. The number of halogens is 1. The second-order valence-electron chi connectivity index (χ2n) is 11.5. The topological polar surface area (TPSA) is 90.4 Å². The van der Waals surface area contributed by atoms with Crippen molar-refractivity contribution in [2.45, 2.75) is 79.8 Å². The lowest BCUT2D eigenvalue weighted by Gasteiger charge is -2.39. The number of rotatable bonds is 16. The molecule has 0 radical (unpaired) electrons. The standard InChI is InChI=1S/C33H46BrN3O5S/c1-6-11-12-13-19-42-32(41)26-27-30(39)37(22(8-3)21-38)29(33(27)20-25(34)28(26)43-33)31(40)36(18-7-2)24-16-14-23(15-17-24)35(9-4)10-5/h6-7,14-17,22,25-29,38H,1-2,8-13,18-21H2,3-5H3/t22-,25?,26+,27-,28+,29?,33?/m0/s1. The van der Waals surface area contributed by atoms with Gasteiger partial charge in [-0.25, -0.2) is 0 Å². The van der Waals surface area contributed by atoms with Crippen molar-refractivity contribution in [2.75, 3.05) is 42.6 Å². The van der Waals surface area contributed by atoms with Crippen molar-refractivity contribution in [3.8, 4) is 0 Å². The van der Waals surface area contributed by atoms with Crippen LogP contribution >= 0.6 is 27.7 Å². The number of alkyl halides is 1. The minimum Gasteiger partial charge on any atom is -0.465 e. The molecular formula is C33H46BrN3O5S. The lowest BCUT2D eigenvalue weighted by molar-refractivity contribution is -0.154. The molecule has 3 saturated heterocycles. The van der Waals surface area contributed by atoms with E-state index in [4.69, 9.17) is 4.74 Å². The molecule has 1 N–H and O–H groups in total. The summed E-state index contributed by atoms with van der Waals surface area (Å²) in [7, 11) is 0. The number of ether oxygens (including phenoxy) is 1. The van der Waals surface area contributed by atoms with Crippen LogP contribution < -0.4 is 9.80 Å². The number of esters is 1. The van der Waals surface area contributed by atoms with Gasteiger partial charge in [0.15, 0.2) is 0 Å². The summed E-state index contributed by atoms with van der Waals surface area (Å²) in [5.74, 6) is -2.18. The van der Waals surface area contributed by atoms with Gasteiger partial charge in [-0.2, -0.15) is 0 Å². The van der Waals surface area contributed by atoms with Crippen molar-refractivity contribution in [3.63, 3.8) is 0 Å². The molecule has 1 aromatic rings. The van der Waals surface area contributed by atoms with Gasteiger partial charge in [0.2, 0.25) is 5.91 Å². The number of benzene rings is 1. The lowest BCUT2D eigenvalue weighted by Crippen LogP contribution is -2.58. The Balaban J connectivity index is 1.71. The molecule has 3 unspecified atom stereocenters. The third-order valence-electron chi connectivity index (χ3n) is 9.22. The Morgan fingerprint density at radius 2 is 1.84 bits per heavy atom. The summed E-state index contributed by atoms with van der Waals surface area (Å²) in [6.07, 6.45) is 7.04. The average molecular weight is 677 g/mol. The predicted molar refractivity (Wildman–Crippen MR) is 178 cm³/mol. The first kappa shape index (κ1) is 33.6. The number of anilines is 2. The van der Waals surface area contributed by atoms with Crippen LogP contribution in [0.1, 0.15) is 52.9 Å². The highest BCUT2D eigenvalue weighted by Gasteiger charge is 2.76. The van der Waals surface area contributed by atoms with Crippen molar-refractivity contribution in [3.05, 3.63) is 49.6 Å². The smallest absolute Gasteiger partial charge is 0.310 e. The Morgan fingerprint density at radius 3 is 2.42 bits per heavy atom. The van der Waals surface area contributed by atoms with E-state index in [9.17, 15) is 19.5 Å². The summed E-state index contributed by atoms with van der Waals surface area (Å²) in [6, 6.07) is 6.52. The van der Waals surface area contributed by atoms with Gasteiger partial charge >= 0.3 is 5.97 Å². The van der Waals surface area contributed by atoms with E-state index < -0.39 is 28.7 Å². The maximum absolute atomic E-state index is 14.8. The van der Waals surface area contributed by atoms with Crippen LogP contribution in [0.3, 0.4) is 0 Å². The first-order valence-corrected chi connectivity index (χ1v) is 17.3. The highest BCUT2D eigenvalue weighted by Crippen LogP contribution is 2.68. The maximum Gasteiger partial charge on any atom is 0.310 e. The second-order valence-corrected chi connectivity index (χ2v) is 14.2. The Hall–Kier alpha value is -2.30. The van der Waals surface area contributed by atoms with E-state index >= 15 is 0 Å². The van der Waals surface area contributed by atoms with Crippen LogP contribution in [-0.2, 0) is 19.1 Å². The van der Waals surface area contributed by atoms with E-state index in [1.165, 1.54) is 0 Å². The molecule has 3 aliphatic heterocycles. The number of fused-ring (bicyclic) bond motifs is 1. The number of aliphatic hydroxyl groups excluding tert-OH is 1. The van der Waals surface area contributed by atoms with Crippen molar-refractivity contribution in [1.82, 2.24) is 4.90 Å². The second kappa shape index (κ2) is 14.7. The molecule has 3 heterocycles. The van der Waals surface area contributed by atoms with Gasteiger partial charge in [-0.05, 0) is 70.2 Å². The minimum atomic E-state index is -0.843. The number of hydrogen-bond acceptors (Lipinski definition) is 7. The fourth-order valence-electron chi connectivity index (χ4n) is 7.11. The van der Waals surface area contributed by atoms with E-state index in [2.05, 4.69) is 47.8 Å².